The van der Waals surface area contributed by atoms with Crippen molar-refractivity contribution in [3.63, 3.8) is 0 Å². The van der Waals surface area contributed by atoms with Crippen molar-refractivity contribution in [3.05, 3.63) is 118 Å². The highest BCUT2D eigenvalue weighted by atomic mass is 35.5. The first kappa shape index (κ1) is 24.6. The molecule has 1 unspecified atom stereocenters. The molecule has 1 aliphatic heterocycles. The molecule has 4 aromatic carbocycles. The van der Waals surface area contributed by atoms with E-state index < -0.39 is 11.2 Å². The van der Waals surface area contributed by atoms with Crippen molar-refractivity contribution in [1.29, 1.82) is 5.26 Å². The number of hydrogen-bond donors (Lipinski definition) is 1. The molecule has 0 radical (unpaired) electrons. The van der Waals surface area contributed by atoms with Gasteiger partial charge in [0.2, 0.25) is 5.91 Å². The molecule has 1 aliphatic rings. The molecule has 5 rings (SSSR count). The van der Waals surface area contributed by atoms with Gasteiger partial charge in [0.15, 0.2) is 0 Å². The standard InChI is InChI=1S/C30H22ClN3O2S/c1-19-14-15-20(16-25(19)31)17-27-29(36)34(22-10-3-2-4-11-22)30(37-27)24(18-32)28(35)33-26-13-7-9-21-8-5-6-12-23(21)26/h2-16,27H,17H2,1H3,(H,33,35)/b30-24-. The van der Waals surface area contributed by atoms with Crippen LogP contribution in [0.4, 0.5) is 11.4 Å². The Hall–Kier alpha value is -4.05. The second-order valence-corrected chi connectivity index (χ2v) is 10.3. The second kappa shape index (κ2) is 10.5. The van der Waals surface area contributed by atoms with Gasteiger partial charge in [-0.15, -0.1) is 0 Å². The van der Waals surface area contributed by atoms with Gasteiger partial charge in [-0.25, -0.2) is 0 Å². The maximum Gasteiger partial charge on any atom is 0.269 e. The highest BCUT2D eigenvalue weighted by molar-refractivity contribution is 8.05. The van der Waals surface area contributed by atoms with Crippen molar-refractivity contribution in [2.24, 2.45) is 0 Å². The molecule has 0 aliphatic carbocycles. The molecule has 4 aromatic rings. The van der Waals surface area contributed by atoms with Crippen molar-refractivity contribution >= 4 is 57.3 Å². The smallest absolute Gasteiger partial charge is 0.269 e. The molecule has 1 N–H and O–H groups in total. The lowest BCUT2D eigenvalue weighted by molar-refractivity contribution is -0.117. The van der Waals surface area contributed by atoms with Crippen LogP contribution in [0.5, 0.6) is 0 Å². The lowest BCUT2D eigenvalue weighted by Gasteiger charge is -2.18. The average molecular weight is 524 g/mol. The Bertz CT molecular complexity index is 1590. The molecule has 182 valence electrons. The first-order chi connectivity index (χ1) is 18.0. The number of rotatable bonds is 5. The lowest BCUT2D eigenvalue weighted by Crippen LogP contribution is -2.30. The number of nitriles is 1. The van der Waals surface area contributed by atoms with E-state index in [1.54, 1.807) is 18.2 Å². The molecular weight excluding hydrogens is 502 g/mol. The summed E-state index contributed by atoms with van der Waals surface area (Å²) in [5.41, 5.74) is 2.96. The number of benzene rings is 4. The minimum absolute atomic E-state index is 0.112. The van der Waals surface area contributed by atoms with E-state index in [-0.39, 0.29) is 11.5 Å². The zero-order valence-corrected chi connectivity index (χ0v) is 21.5. The van der Waals surface area contributed by atoms with E-state index in [1.807, 2.05) is 79.7 Å². The number of para-hydroxylation sites is 1. The number of halogens is 1. The van der Waals surface area contributed by atoms with E-state index in [4.69, 9.17) is 11.6 Å². The topological polar surface area (TPSA) is 73.2 Å². The van der Waals surface area contributed by atoms with Gasteiger partial charge in [0.25, 0.3) is 5.91 Å². The third kappa shape index (κ3) is 4.97. The van der Waals surface area contributed by atoms with E-state index >= 15 is 0 Å². The number of thioether (sulfide) groups is 1. The van der Waals surface area contributed by atoms with Gasteiger partial charge in [0.05, 0.1) is 5.25 Å². The van der Waals surface area contributed by atoms with Crippen molar-refractivity contribution in [2.45, 2.75) is 18.6 Å². The number of fused-ring (bicyclic) bond motifs is 1. The van der Waals surface area contributed by atoms with Crippen LogP contribution >= 0.6 is 23.4 Å². The van der Waals surface area contributed by atoms with Crippen molar-refractivity contribution in [1.82, 2.24) is 0 Å². The maximum atomic E-state index is 13.6. The SMILES string of the molecule is Cc1ccc(CC2S/C(=C(/C#N)C(=O)Nc3cccc4ccccc34)N(c3ccccc3)C2=O)cc1Cl. The van der Waals surface area contributed by atoms with Gasteiger partial charge in [0, 0.05) is 21.8 Å². The Morgan fingerprint density at radius 2 is 1.76 bits per heavy atom. The lowest BCUT2D eigenvalue weighted by atomic mass is 10.1. The van der Waals surface area contributed by atoms with E-state index in [0.717, 1.165) is 21.9 Å². The number of carbonyl (C=O) groups is 2. The third-order valence-electron chi connectivity index (χ3n) is 6.22. The van der Waals surface area contributed by atoms with Gasteiger partial charge >= 0.3 is 0 Å². The number of nitrogens with one attached hydrogen (secondary N) is 1. The monoisotopic (exact) mass is 523 g/mol. The van der Waals surface area contributed by atoms with E-state index in [0.29, 0.717) is 27.8 Å². The number of nitrogens with zero attached hydrogens (tertiary/aromatic N) is 2. The van der Waals surface area contributed by atoms with Gasteiger partial charge in [-0.05, 0) is 54.1 Å². The van der Waals surface area contributed by atoms with Crippen molar-refractivity contribution < 1.29 is 9.59 Å². The Morgan fingerprint density at radius 3 is 2.51 bits per heavy atom. The fraction of sp³-hybridized carbons (Fsp3) is 0.100. The quantitative estimate of drug-likeness (QED) is 0.229. The van der Waals surface area contributed by atoms with Crippen LogP contribution in [-0.4, -0.2) is 17.1 Å². The predicted molar refractivity (Wildman–Crippen MR) is 150 cm³/mol. The molecule has 2 amide bonds. The normalized spacial score (nSPS) is 16.5. The Kier molecular flexibility index (Phi) is 7.00. The minimum atomic E-state index is -0.561. The summed E-state index contributed by atoms with van der Waals surface area (Å²) in [6, 6.07) is 30.2. The van der Waals surface area contributed by atoms with E-state index in [9.17, 15) is 14.9 Å². The summed E-state index contributed by atoms with van der Waals surface area (Å²) in [6.07, 6.45) is 0.417. The van der Waals surface area contributed by atoms with Crippen LogP contribution < -0.4 is 10.2 Å². The number of aryl methyl sites for hydroxylation is 1. The Labute approximate surface area is 224 Å². The number of carbonyl (C=O) groups excluding carboxylic acids is 2. The molecule has 1 fully saturated rings. The van der Waals surface area contributed by atoms with Gasteiger partial charge in [-0.2, -0.15) is 5.26 Å². The third-order valence-corrected chi connectivity index (χ3v) is 7.89. The number of hydrogen-bond acceptors (Lipinski definition) is 4. The molecule has 0 aromatic heterocycles. The van der Waals surface area contributed by atoms with Crippen LogP contribution in [-0.2, 0) is 16.0 Å². The van der Waals surface area contributed by atoms with Crippen molar-refractivity contribution in [2.75, 3.05) is 10.2 Å². The van der Waals surface area contributed by atoms with Crippen molar-refractivity contribution in [3.8, 4) is 6.07 Å². The summed E-state index contributed by atoms with van der Waals surface area (Å²) < 4.78 is 0. The predicted octanol–water partition coefficient (Wildman–Crippen LogP) is 6.87. The van der Waals surface area contributed by atoms with E-state index in [2.05, 4.69) is 11.4 Å². The van der Waals surface area contributed by atoms with Gasteiger partial charge < -0.3 is 5.32 Å². The highest BCUT2D eigenvalue weighted by Crippen LogP contribution is 2.42. The molecule has 1 atom stereocenters. The van der Waals surface area contributed by atoms with Crippen LogP contribution in [0.1, 0.15) is 11.1 Å². The molecule has 37 heavy (non-hydrogen) atoms. The summed E-state index contributed by atoms with van der Waals surface area (Å²) in [6.45, 7) is 1.92. The minimum Gasteiger partial charge on any atom is -0.321 e. The zero-order valence-electron chi connectivity index (χ0n) is 19.9. The van der Waals surface area contributed by atoms with Crippen LogP contribution in [0.2, 0.25) is 5.02 Å². The largest absolute Gasteiger partial charge is 0.321 e. The number of anilines is 2. The molecule has 1 saturated heterocycles. The summed E-state index contributed by atoms with van der Waals surface area (Å²) in [5, 5.41) is 15.3. The molecule has 0 spiro atoms. The fourth-order valence-corrected chi connectivity index (χ4v) is 5.81. The van der Waals surface area contributed by atoms with Gasteiger partial charge in [-0.3, -0.25) is 14.5 Å². The number of amides is 2. The first-order valence-corrected chi connectivity index (χ1v) is 13.0. The summed E-state index contributed by atoms with van der Waals surface area (Å²) in [5.74, 6) is -0.747. The van der Waals surface area contributed by atoms with Crippen LogP contribution in [0.15, 0.2) is 102 Å². The molecule has 5 nitrogen and oxygen atoms in total. The fourth-order valence-electron chi connectivity index (χ4n) is 4.30. The molecule has 0 bridgehead atoms. The average Bonchev–Trinajstić information content (AvgIpc) is 3.22. The van der Waals surface area contributed by atoms with Crippen LogP contribution in [0.3, 0.4) is 0 Å². The summed E-state index contributed by atoms with van der Waals surface area (Å²) in [4.78, 5) is 28.6. The molecular formula is C30H22ClN3O2S. The molecule has 7 heteroatoms. The summed E-state index contributed by atoms with van der Waals surface area (Å²) >= 11 is 7.55. The zero-order chi connectivity index (χ0) is 25.9. The first-order valence-electron chi connectivity index (χ1n) is 11.7. The van der Waals surface area contributed by atoms with Gasteiger partial charge in [0.1, 0.15) is 16.7 Å². The Morgan fingerprint density at radius 1 is 1.03 bits per heavy atom. The van der Waals surface area contributed by atoms with Gasteiger partial charge in [-0.1, -0.05) is 90.1 Å². The second-order valence-electron chi connectivity index (χ2n) is 8.68. The highest BCUT2D eigenvalue weighted by Gasteiger charge is 2.40. The van der Waals surface area contributed by atoms with Crippen LogP contribution in [0, 0.1) is 18.3 Å². The Balaban J connectivity index is 1.53. The molecule has 1 heterocycles. The summed E-state index contributed by atoms with van der Waals surface area (Å²) in [7, 11) is 0. The van der Waals surface area contributed by atoms with E-state index in [1.165, 1.54) is 16.7 Å². The van der Waals surface area contributed by atoms with Crippen LogP contribution in [0.25, 0.3) is 10.8 Å². The maximum absolute atomic E-state index is 13.6. The molecule has 0 saturated carbocycles.